The monoisotopic (exact) mass is 286 g/mol. The molecule has 1 aliphatic rings. The van der Waals surface area contributed by atoms with Gasteiger partial charge in [0, 0.05) is 29.0 Å². The van der Waals surface area contributed by atoms with E-state index in [1.54, 1.807) is 0 Å². The van der Waals surface area contributed by atoms with Crippen molar-refractivity contribution in [2.45, 2.75) is 18.8 Å². The van der Waals surface area contributed by atoms with Crippen LogP contribution in [0.2, 0.25) is 5.02 Å². The number of halogens is 2. The van der Waals surface area contributed by atoms with Gasteiger partial charge in [-0.1, -0.05) is 11.6 Å². The standard InChI is InChI=1S/C11H12BrClN2/c1-15-11-7(6-2-3-6)4-9(13)10(12)8(11)5-14/h4-6,14-15H,2-3H2,1H3. The minimum absolute atomic E-state index is 0.622. The Morgan fingerprint density at radius 1 is 1.60 bits per heavy atom. The highest BCUT2D eigenvalue weighted by Gasteiger charge is 2.28. The van der Waals surface area contributed by atoms with Crippen LogP contribution in [0.4, 0.5) is 5.69 Å². The number of hydrogen-bond donors (Lipinski definition) is 2. The number of benzene rings is 1. The van der Waals surface area contributed by atoms with Crippen LogP contribution in [0.3, 0.4) is 0 Å². The predicted octanol–water partition coefficient (Wildman–Crippen LogP) is 4.02. The lowest BCUT2D eigenvalue weighted by molar-refractivity contribution is 1.12. The molecule has 2 nitrogen and oxygen atoms in total. The van der Waals surface area contributed by atoms with Gasteiger partial charge in [-0.3, -0.25) is 0 Å². The Bertz CT molecular complexity index is 414. The molecule has 1 fully saturated rings. The van der Waals surface area contributed by atoms with Crippen LogP contribution in [0.1, 0.15) is 29.9 Å². The van der Waals surface area contributed by atoms with E-state index < -0.39 is 0 Å². The van der Waals surface area contributed by atoms with Crippen molar-refractivity contribution in [1.82, 2.24) is 0 Å². The van der Waals surface area contributed by atoms with E-state index in [4.69, 9.17) is 17.0 Å². The largest absolute Gasteiger partial charge is 0.387 e. The quantitative estimate of drug-likeness (QED) is 0.809. The minimum atomic E-state index is 0.622. The van der Waals surface area contributed by atoms with Crippen LogP contribution in [-0.2, 0) is 0 Å². The van der Waals surface area contributed by atoms with Gasteiger partial charge < -0.3 is 10.7 Å². The summed E-state index contributed by atoms with van der Waals surface area (Å²) in [5, 5.41) is 11.3. The molecule has 1 aliphatic carbocycles. The van der Waals surface area contributed by atoms with Gasteiger partial charge in [0.25, 0.3) is 0 Å². The second-order valence-corrected chi connectivity index (χ2v) is 4.92. The van der Waals surface area contributed by atoms with E-state index in [0.717, 1.165) is 15.7 Å². The van der Waals surface area contributed by atoms with E-state index in [9.17, 15) is 0 Å². The second kappa shape index (κ2) is 4.14. The molecular weight excluding hydrogens is 275 g/mol. The van der Waals surface area contributed by atoms with Crippen molar-refractivity contribution in [2.75, 3.05) is 12.4 Å². The Hall–Kier alpha value is -0.540. The summed E-state index contributed by atoms with van der Waals surface area (Å²) in [4.78, 5) is 0. The van der Waals surface area contributed by atoms with Crippen molar-refractivity contribution in [3.05, 3.63) is 26.7 Å². The maximum absolute atomic E-state index is 7.43. The smallest absolute Gasteiger partial charge is 0.0559 e. The van der Waals surface area contributed by atoms with Crippen molar-refractivity contribution in [3.63, 3.8) is 0 Å². The third kappa shape index (κ3) is 1.91. The molecule has 4 heteroatoms. The van der Waals surface area contributed by atoms with Gasteiger partial charge >= 0.3 is 0 Å². The number of nitrogens with one attached hydrogen (secondary N) is 2. The fourth-order valence-electron chi connectivity index (χ4n) is 1.80. The number of anilines is 1. The number of hydrogen-bond acceptors (Lipinski definition) is 2. The van der Waals surface area contributed by atoms with Crippen molar-refractivity contribution in [3.8, 4) is 0 Å². The van der Waals surface area contributed by atoms with E-state index in [1.165, 1.54) is 24.6 Å². The first kappa shape index (κ1) is 11.0. The van der Waals surface area contributed by atoms with Gasteiger partial charge in [0.15, 0.2) is 0 Å². The van der Waals surface area contributed by atoms with Gasteiger partial charge in [-0.2, -0.15) is 0 Å². The lowest BCUT2D eigenvalue weighted by Crippen LogP contribution is -2.01. The van der Waals surface area contributed by atoms with Gasteiger partial charge in [-0.05, 0) is 46.3 Å². The fraction of sp³-hybridized carbons (Fsp3) is 0.364. The van der Waals surface area contributed by atoms with Crippen molar-refractivity contribution >= 4 is 39.4 Å². The number of rotatable bonds is 3. The molecule has 2 N–H and O–H groups in total. The molecule has 0 bridgehead atoms. The molecular formula is C11H12BrClN2. The van der Waals surface area contributed by atoms with Crippen LogP contribution >= 0.6 is 27.5 Å². The molecule has 0 saturated heterocycles. The lowest BCUT2D eigenvalue weighted by Gasteiger charge is -2.14. The molecule has 80 valence electrons. The molecule has 0 atom stereocenters. The normalized spacial score (nSPS) is 15.1. The summed E-state index contributed by atoms with van der Waals surface area (Å²) in [6.45, 7) is 0. The van der Waals surface area contributed by atoms with E-state index >= 15 is 0 Å². The summed E-state index contributed by atoms with van der Waals surface area (Å²) >= 11 is 9.53. The Morgan fingerprint density at radius 3 is 2.73 bits per heavy atom. The van der Waals surface area contributed by atoms with Crippen LogP contribution in [0.25, 0.3) is 0 Å². The lowest BCUT2D eigenvalue weighted by atomic mass is 10.0. The Balaban J connectivity index is 2.64. The van der Waals surface area contributed by atoms with Crippen LogP contribution < -0.4 is 5.32 Å². The SMILES string of the molecule is CNc1c(C2CC2)cc(Cl)c(Br)c1C=N. The predicted molar refractivity (Wildman–Crippen MR) is 68.6 cm³/mol. The first-order valence-electron chi connectivity index (χ1n) is 4.89. The zero-order chi connectivity index (χ0) is 11.0. The van der Waals surface area contributed by atoms with Crippen LogP contribution in [-0.4, -0.2) is 13.3 Å². The van der Waals surface area contributed by atoms with Crippen molar-refractivity contribution in [2.24, 2.45) is 0 Å². The Labute approximate surface area is 103 Å². The van der Waals surface area contributed by atoms with Crippen LogP contribution in [0.15, 0.2) is 10.5 Å². The van der Waals surface area contributed by atoms with Crippen LogP contribution in [0, 0.1) is 5.41 Å². The third-order valence-corrected chi connectivity index (χ3v) is 4.08. The summed E-state index contributed by atoms with van der Waals surface area (Å²) in [6.07, 6.45) is 3.79. The fourth-order valence-corrected chi connectivity index (χ4v) is 2.44. The van der Waals surface area contributed by atoms with E-state index in [1.807, 2.05) is 13.1 Å². The molecule has 15 heavy (non-hydrogen) atoms. The first-order valence-corrected chi connectivity index (χ1v) is 6.06. The molecule has 1 aromatic carbocycles. The van der Waals surface area contributed by atoms with E-state index in [-0.39, 0.29) is 0 Å². The topological polar surface area (TPSA) is 35.9 Å². The van der Waals surface area contributed by atoms with Gasteiger partial charge in [0.1, 0.15) is 0 Å². The average molecular weight is 288 g/mol. The third-order valence-electron chi connectivity index (χ3n) is 2.70. The molecule has 1 saturated carbocycles. The van der Waals surface area contributed by atoms with Crippen LogP contribution in [0.5, 0.6) is 0 Å². The summed E-state index contributed by atoms with van der Waals surface area (Å²) in [6, 6.07) is 2.00. The van der Waals surface area contributed by atoms with Crippen molar-refractivity contribution < 1.29 is 0 Å². The van der Waals surface area contributed by atoms with E-state index in [0.29, 0.717) is 10.9 Å². The second-order valence-electron chi connectivity index (χ2n) is 3.72. The Morgan fingerprint density at radius 2 is 2.27 bits per heavy atom. The molecule has 2 rings (SSSR count). The molecule has 0 amide bonds. The summed E-state index contributed by atoms with van der Waals surface area (Å²) in [7, 11) is 1.88. The van der Waals surface area contributed by atoms with Crippen molar-refractivity contribution in [1.29, 1.82) is 5.41 Å². The van der Waals surface area contributed by atoms with E-state index in [2.05, 4.69) is 21.2 Å². The molecule has 1 aromatic rings. The summed E-state index contributed by atoms with van der Waals surface area (Å²) < 4.78 is 0.799. The average Bonchev–Trinajstić information content (AvgIpc) is 3.04. The summed E-state index contributed by atoms with van der Waals surface area (Å²) in [5.74, 6) is 0.622. The van der Waals surface area contributed by atoms with Gasteiger partial charge in [-0.25, -0.2) is 0 Å². The van der Waals surface area contributed by atoms with Gasteiger partial charge in [0.05, 0.1) is 5.02 Å². The molecule has 0 spiro atoms. The molecule has 0 unspecified atom stereocenters. The zero-order valence-corrected chi connectivity index (χ0v) is 10.7. The maximum Gasteiger partial charge on any atom is 0.0559 e. The highest BCUT2D eigenvalue weighted by Crippen LogP contribution is 2.47. The maximum atomic E-state index is 7.43. The Kier molecular flexibility index (Phi) is 3.03. The highest BCUT2D eigenvalue weighted by molar-refractivity contribution is 9.10. The summed E-state index contributed by atoms with van der Waals surface area (Å²) in [5.41, 5.74) is 3.11. The minimum Gasteiger partial charge on any atom is -0.387 e. The molecule has 0 radical (unpaired) electrons. The zero-order valence-electron chi connectivity index (χ0n) is 8.40. The van der Waals surface area contributed by atoms with Gasteiger partial charge in [-0.15, -0.1) is 0 Å². The van der Waals surface area contributed by atoms with Gasteiger partial charge in [0.2, 0.25) is 0 Å². The highest BCUT2D eigenvalue weighted by atomic mass is 79.9. The first-order chi connectivity index (χ1) is 7.19. The molecule has 0 aliphatic heterocycles. The molecule has 0 heterocycles. The molecule has 0 aromatic heterocycles.